The van der Waals surface area contributed by atoms with Crippen molar-refractivity contribution >= 4 is 29.9 Å². The van der Waals surface area contributed by atoms with E-state index in [-0.39, 0.29) is 24.0 Å². The van der Waals surface area contributed by atoms with Gasteiger partial charge in [0.1, 0.15) is 17.9 Å². The molecule has 0 spiro atoms. The zero-order valence-electron chi connectivity index (χ0n) is 15.9. The monoisotopic (exact) mass is 505 g/mol. The van der Waals surface area contributed by atoms with Crippen LogP contribution in [0, 0.1) is 11.6 Å². The van der Waals surface area contributed by atoms with Crippen molar-refractivity contribution in [2.24, 2.45) is 4.99 Å². The van der Waals surface area contributed by atoms with Crippen molar-refractivity contribution in [1.29, 1.82) is 0 Å². The van der Waals surface area contributed by atoms with Crippen LogP contribution in [0.15, 0.2) is 40.0 Å². The van der Waals surface area contributed by atoms with E-state index in [1.54, 1.807) is 6.26 Å². The molecule has 0 radical (unpaired) electrons. The number of nitrogens with zero attached hydrogens (tertiary/aromatic N) is 4. The van der Waals surface area contributed by atoms with Gasteiger partial charge in [0.2, 0.25) is 0 Å². The molecular weight excluding hydrogens is 479 g/mol. The Morgan fingerprint density at radius 3 is 2.50 bits per heavy atom. The average Bonchev–Trinajstić information content (AvgIpc) is 3.14. The van der Waals surface area contributed by atoms with E-state index in [2.05, 4.69) is 25.3 Å². The van der Waals surface area contributed by atoms with Crippen LogP contribution < -0.4 is 5.32 Å². The third-order valence-corrected chi connectivity index (χ3v) is 4.47. The lowest BCUT2D eigenvalue weighted by atomic mass is 10.1. The van der Waals surface area contributed by atoms with Gasteiger partial charge in [-0.25, -0.2) is 8.78 Å². The van der Waals surface area contributed by atoms with Gasteiger partial charge in [-0.15, -0.1) is 24.0 Å². The summed E-state index contributed by atoms with van der Waals surface area (Å²) in [6.45, 7) is 7.59. The Morgan fingerprint density at radius 2 is 1.89 bits per heavy atom. The summed E-state index contributed by atoms with van der Waals surface area (Å²) in [5.41, 5.74) is 1.55. The zero-order chi connectivity index (χ0) is 19.1. The van der Waals surface area contributed by atoms with Gasteiger partial charge >= 0.3 is 0 Å². The summed E-state index contributed by atoms with van der Waals surface area (Å²) in [5, 5.41) is 7.26. The quantitative estimate of drug-likeness (QED) is 0.372. The first kappa shape index (κ1) is 22.5. The van der Waals surface area contributed by atoms with Crippen LogP contribution in [0.1, 0.15) is 18.2 Å². The highest BCUT2D eigenvalue weighted by atomic mass is 127. The number of aromatic nitrogens is 1. The molecule has 1 aliphatic heterocycles. The molecule has 0 amide bonds. The Labute approximate surface area is 181 Å². The van der Waals surface area contributed by atoms with Gasteiger partial charge in [-0.1, -0.05) is 5.16 Å². The highest BCUT2D eigenvalue weighted by Gasteiger charge is 2.20. The molecule has 2 heterocycles. The summed E-state index contributed by atoms with van der Waals surface area (Å²) in [4.78, 5) is 9.18. The maximum absolute atomic E-state index is 13.3. The second kappa shape index (κ2) is 11.3. The minimum atomic E-state index is -0.552. The van der Waals surface area contributed by atoms with Crippen molar-refractivity contribution < 1.29 is 13.3 Å². The number of rotatable bonds is 6. The molecule has 0 bridgehead atoms. The van der Waals surface area contributed by atoms with Crippen molar-refractivity contribution in [3.8, 4) is 0 Å². The second-order valence-electron chi connectivity index (χ2n) is 6.52. The molecule has 9 heteroatoms. The SMILES string of the molecule is CCNC(=NCCc1cc(F)cc(F)c1)N1CCN(Cc2ccon2)CC1.I. The lowest BCUT2D eigenvalue weighted by Gasteiger charge is -2.36. The molecular formula is C19H26F2IN5O. The number of aliphatic imine (C=N–C) groups is 1. The largest absolute Gasteiger partial charge is 0.364 e. The van der Waals surface area contributed by atoms with Gasteiger partial charge in [0.05, 0.1) is 5.69 Å². The van der Waals surface area contributed by atoms with Crippen LogP contribution in [0.5, 0.6) is 0 Å². The molecule has 1 aromatic heterocycles. The Bertz CT molecular complexity index is 729. The lowest BCUT2D eigenvalue weighted by Crippen LogP contribution is -2.52. The van der Waals surface area contributed by atoms with E-state index in [0.29, 0.717) is 18.5 Å². The zero-order valence-corrected chi connectivity index (χ0v) is 18.2. The van der Waals surface area contributed by atoms with Crippen LogP contribution >= 0.6 is 24.0 Å². The van der Waals surface area contributed by atoms with E-state index < -0.39 is 11.6 Å². The third-order valence-electron chi connectivity index (χ3n) is 4.47. The number of hydrogen-bond donors (Lipinski definition) is 1. The highest BCUT2D eigenvalue weighted by Crippen LogP contribution is 2.10. The first-order chi connectivity index (χ1) is 13.1. The molecule has 0 saturated carbocycles. The third kappa shape index (κ3) is 6.69. The summed E-state index contributed by atoms with van der Waals surface area (Å²) >= 11 is 0. The first-order valence-corrected chi connectivity index (χ1v) is 9.24. The van der Waals surface area contributed by atoms with E-state index in [1.807, 2.05) is 13.0 Å². The molecule has 1 aromatic carbocycles. The fourth-order valence-electron chi connectivity index (χ4n) is 3.14. The van der Waals surface area contributed by atoms with E-state index in [1.165, 1.54) is 12.1 Å². The van der Waals surface area contributed by atoms with Crippen LogP contribution in [-0.4, -0.2) is 60.2 Å². The number of piperazine rings is 1. The van der Waals surface area contributed by atoms with Gasteiger partial charge < -0.3 is 14.7 Å². The van der Waals surface area contributed by atoms with E-state index >= 15 is 0 Å². The van der Waals surface area contributed by atoms with E-state index in [4.69, 9.17) is 4.52 Å². The van der Waals surface area contributed by atoms with E-state index in [9.17, 15) is 8.78 Å². The number of nitrogens with one attached hydrogen (secondary N) is 1. The maximum Gasteiger partial charge on any atom is 0.194 e. The van der Waals surface area contributed by atoms with E-state index in [0.717, 1.165) is 57.0 Å². The Balaban J connectivity index is 0.00000280. The number of benzene rings is 1. The molecule has 0 unspecified atom stereocenters. The summed E-state index contributed by atoms with van der Waals surface area (Å²) in [6, 6.07) is 5.48. The van der Waals surface area contributed by atoms with Gasteiger partial charge in [0.15, 0.2) is 5.96 Å². The molecule has 1 N–H and O–H groups in total. The van der Waals surface area contributed by atoms with Crippen LogP contribution in [-0.2, 0) is 13.0 Å². The van der Waals surface area contributed by atoms with Crippen molar-refractivity contribution in [2.45, 2.75) is 19.9 Å². The predicted molar refractivity (Wildman–Crippen MR) is 115 cm³/mol. The minimum absolute atomic E-state index is 0. The maximum atomic E-state index is 13.3. The normalized spacial score (nSPS) is 15.4. The molecule has 3 rings (SSSR count). The standard InChI is InChI=1S/C19H25F2N5O.HI/c1-2-22-19(23-5-3-15-11-16(20)13-17(21)12-15)26-8-6-25(7-9-26)14-18-4-10-27-24-18;/h4,10-13H,2-3,5-9,14H2,1H3,(H,22,23);1H. The topological polar surface area (TPSA) is 56.9 Å². The van der Waals surface area contributed by atoms with Gasteiger partial charge in [0.25, 0.3) is 0 Å². The van der Waals surface area contributed by atoms with Crippen molar-refractivity contribution in [3.05, 3.63) is 53.4 Å². The molecule has 1 saturated heterocycles. The lowest BCUT2D eigenvalue weighted by molar-refractivity contribution is 0.169. The van der Waals surface area contributed by atoms with Crippen molar-refractivity contribution in [3.63, 3.8) is 0 Å². The highest BCUT2D eigenvalue weighted by molar-refractivity contribution is 14.0. The Morgan fingerprint density at radius 1 is 1.18 bits per heavy atom. The molecule has 154 valence electrons. The van der Waals surface area contributed by atoms with Crippen molar-refractivity contribution in [1.82, 2.24) is 20.3 Å². The summed E-state index contributed by atoms with van der Waals surface area (Å²) in [7, 11) is 0. The summed E-state index contributed by atoms with van der Waals surface area (Å²) in [5.74, 6) is -0.260. The number of halogens is 3. The second-order valence-corrected chi connectivity index (χ2v) is 6.52. The van der Waals surface area contributed by atoms with Crippen LogP contribution in [0.4, 0.5) is 8.78 Å². The molecule has 2 aromatic rings. The van der Waals surface area contributed by atoms with Crippen LogP contribution in [0.3, 0.4) is 0 Å². The van der Waals surface area contributed by atoms with Gasteiger partial charge in [-0.2, -0.15) is 0 Å². The van der Waals surface area contributed by atoms with Crippen LogP contribution in [0.25, 0.3) is 0 Å². The molecule has 0 aliphatic carbocycles. The molecule has 1 aliphatic rings. The van der Waals surface area contributed by atoms with Gasteiger partial charge in [-0.3, -0.25) is 9.89 Å². The van der Waals surface area contributed by atoms with Crippen molar-refractivity contribution in [2.75, 3.05) is 39.3 Å². The van der Waals surface area contributed by atoms with Gasteiger partial charge in [-0.05, 0) is 31.0 Å². The molecule has 0 atom stereocenters. The van der Waals surface area contributed by atoms with Crippen LogP contribution in [0.2, 0.25) is 0 Å². The minimum Gasteiger partial charge on any atom is -0.364 e. The fourth-order valence-corrected chi connectivity index (χ4v) is 3.14. The summed E-state index contributed by atoms with van der Waals surface area (Å²) in [6.07, 6.45) is 2.09. The predicted octanol–water partition coefficient (Wildman–Crippen LogP) is 2.90. The molecule has 28 heavy (non-hydrogen) atoms. The fraction of sp³-hybridized carbons (Fsp3) is 0.474. The summed E-state index contributed by atoms with van der Waals surface area (Å²) < 4.78 is 31.5. The Kier molecular flexibility index (Phi) is 9.10. The average molecular weight is 505 g/mol. The number of guanidine groups is 1. The molecule has 1 fully saturated rings. The van der Waals surface area contributed by atoms with Gasteiger partial charge in [0, 0.05) is 57.9 Å². The first-order valence-electron chi connectivity index (χ1n) is 9.24. The Hall–Kier alpha value is -1.75. The number of hydrogen-bond acceptors (Lipinski definition) is 4. The smallest absolute Gasteiger partial charge is 0.194 e. The molecule has 6 nitrogen and oxygen atoms in total.